The van der Waals surface area contributed by atoms with Crippen molar-refractivity contribution in [1.29, 1.82) is 0 Å². The van der Waals surface area contributed by atoms with Gasteiger partial charge in [0.05, 0.1) is 6.61 Å². The summed E-state index contributed by atoms with van der Waals surface area (Å²) in [5, 5.41) is 0. The number of ether oxygens (including phenoxy) is 2. The van der Waals surface area contributed by atoms with Gasteiger partial charge in [-0.2, -0.15) is 0 Å². The molecule has 19 heavy (non-hydrogen) atoms. The van der Waals surface area contributed by atoms with Gasteiger partial charge in [-0.3, -0.25) is 0 Å². The molecule has 0 amide bonds. The van der Waals surface area contributed by atoms with Gasteiger partial charge in [0.15, 0.2) is 0 Å². The van der Waals surface area contributed by atoms with Crippen molar-refractivity contribution in [3.05, 3.63) is 52.5 Å². The van der Waals surface area contributed by atoms with Crippen LogP contribution in [0.2, 0.25) is 0 Å². The maximum absolute atomic E-state index is 5.83. The highest BCUT2D eigenvalue weighted by atomic mass is 79.9. The molecule has 0 aliphatic carbocycles. The smallest absolute Gasteiger partial charge is 0.123 e. The SMILES string of the molecule is CCOc1cccc(OCc2ccc(Br)c(N)c2)c1. The molecule has 100 valence electrons. The van der Waals surface area contributed by atoms with E-state index in [2.05, 4.69) is 15.9 Å². The summed E-state index contributed by atoms with van der Waals surface area (Å²) >= 11 is 3.37. The largest absolute Gasteiger partial charge is 0.494 e. The normalized spacial score (nSPS) is 10.2. The summed E-state index contributed by atoms with van der Waals surface area (Å²) in [6.45, 7) is 3.08. The van der Waals surface area contributed by atoms with E-state index in [0.29, 0.717) is 18.9 Å². The van der Waals surface area contributed by atoms with Gasteiger partial charge in [0.25, 0.3) is 0 Å². The number of hydrogen-bond acceptors (Lipinski definition) is 3. The van der Waals surface area contributed by atoms with Crippen LogP contribution in [-0.2, 0) is 6.61 Å². The van der Waals surface area contributed by atoms with E-state index in [0.717, 1.165) is 21.5 Å². The van der Waals surface area contributed by atoms with E-state index in [1.165, 1.54) is 0 Å². The maximum Gasteiger partial charge on any atom is 0.123 e. The molecule has 0 saturated heterocycles. The summed E-state index contributed by atoms with van der Waals surface area (Å²) < 4.78 is 12.0. The van der Waals surface area contributed by atoms with Gasteiger partial charge >= 0.3 is 0 Å². The number of nitrogens with two attached hydrogens (primary N) is 1. The Bertz CT molecular complexity index is 558. The van der Waals surface area contributed by atoms with Crippen molar-refractivity contribution in [2.75, 3.05) is 12.3 Å². The van der Waals surface area contributed by atoms with Crippen molar-refractivity contribution in [3.63, 3.8) is 0 Å². The molecule has 0 spiro atoms. The zero-order valence-electron chi connectivity index (χ0n) is 10.7. The van der Waals surface area contributed by atoms with Gasteiger partial charge in [-0.15, -0.1) is 0 Å². The summed E-state index contributed by atoms with van der Waals surface area (Å²) in [6.07, 6.45) is 0. The highest BCUT2D eigenvalue weighted by Crippen LogP contribution is 2.23. The molecule has 0 saturated carbocycles. The lowest BCUT2D eigenvalue weighted by atomic mass is 10.2. The maximum atomic E-state index is 5.83. The van der Waals surface area contributed by atoms with Crippen molar-refractivity contribution in [3.8, 4) is 11.5 Å². The van der Waals surface area contributed by atoms with Gasteiger partial charge in [0.1, 0.15) is 18.1 Å². The molecule has 0 aromatic heterocycles. The fraction of sp³-hybridized carbons (Fsp3) is 0.200. The predicted octanol–water partition coefficient (Wildman–Crippen LogP) is 4.01. The Morgan fingerprint density at radius 2 is 1.79 bits per heavy atom. The molecule has 0 radical (unpaired) electrons. The third kappa shape index (κ3) is 3.89. The molecule has 0 fully saturated rings. The molecule has 3 nitrogen and oxygen atoms in total. The highest BCUT2D eigenvalue weighted by molar-refractivity contribution is 9.10. The highest BCUT2D eigenvalue weighted by Gasteiger charge is 2.01. The fourth-order valence-electron chi connectivity index (χ4n) is 1.67. The van der Waals surface area contributed by atoms with Crippen LogP contribution in [0.1, 0.15) is 12.5 Å². The summed E-state index contributed by atoms with van der Waals surface area (Å²) in [5.41, 5.74) is 7.57. The second kappa shape index (κ2) is 6.48. The molecule has 2 aromatic carbocycles. The molecule has 2 N–H and O–H groups in total. The van der Waals surface area contributed by atoms with Crippen LogP contribution in [0.25, 0.3) is 0 Å². The van der Waals surface area contributed by atoms with E-state index in [-0.39, 0.29) is 0 Å². The molecule has 0 aliphatic heterocycles. The molecule has 0 aliphatic rings. The van der Waals surface area contributed by atoms with E-state index in [9.17, 15) is 0 Å². The second-order valence-electron chi connectivity index (χ2n) is 4.05. The summed E-state index contributed by atoms with van der Waals surface area (Å²) in [6, 6.07) is 13.4. The predicted molar refractivity (Wildman–Crippen MR) is 80.5 cm³/mol. The van der Waals surface area contributed by atoms with Gasteiger partial charge in [-0.25, -0.2) is 0 Å². The molecule has 0 unspecified atom stereocenters. The third-order valence-corrected chi connectivity index (χ3v) is 3.30. The van der Waals surface area contributed by atoms with Gasteiger partial charge < -0.3 is 15.2 Å². The number of halogens is 1. The summed E-state index contributed by atoms with van der Waals surface area (Å²) in [5.74, 6) is 1.60. The van der Waals surface area contributed by atoms with E-state index >= 15 is 0 Å². The number of hydrogen-bond donors (Lipinski definition) is 1. The van der Waals surface area contributed by atoms with E-state index in [1.54, 1.807) is 0 Å². The van der Waals surface area contributed by atoms with E-state index in [4.69, 9.17) is 15.2 Å². The van der Waals surface area contributed by atoms with Crippen molar-refractivity contribution in [2.45, 2.75) is 13.5 Å². The van der Waals surface area contributed by atoms with Gasteiger partial charge in [-0.1, -0.05) is 12.1 Å². The monoisotopic (exact) mass is 321 g/mol. The van der Waals surface area contributed by atoms with E-state index in [1.807, 2.05) is 49.4 Å². The molecule has 2 rings (SSSR count). The minimum absolute atomic E-state index is 0.479. The summed E-state index contributed by atoms with van der Waals surface area (Å²) in [7, 11) is 0. The Morgan fingerprint density at radius 1 is 1.05 bits per heavy atom. The van der Waals surface area contributed by atoms with Crippen LogP contribution in [0.5, 0.6) is 11.5 Å². The standard InChI is InChI=1S/C15H16BrNO2/c1-2-18-12-4-3-5-13(9-12)19-10-11-6-7-14(16)15(17)8-11/h3-9H,2,10,17H2,1H3. The van der Waals surface area contributed by atoms with Crippen LogP contribution in [0.4, 0.5) is 5.69 Å². The van der Waals surface area contributed by atoms with Crippen molar-refractivity contribution in [2.24, 2.45) is 0 Å². The number of benzene rings is 2. The molecule has 4 heteroatoms. The van der Waals surface area contributed by atoms with Gasteiger partial charge in [0.2, 0.25) is 0 Å². The molecule has 0 atom stereocenters. The minimum atomic E-state index is 0.479. The lowest BCUT2D eigenvalue weighted by Crippen LogP contribution is -1.98. The summed E-state index contributed by atoms with van der Waals surface area (Å²) in [4.78, 5) is 0. The molecular weight excluding hydrogens is 306 g/mol. The van der Waals surface area contributed by atoms with Crippen LogP contribution in [0.3, 0.4) is 0 Å². The molecule has 0 bridgehead atoms. The van der Waals surface area contributed by atoms with Crippen LogP contribution >= 0.6 is 15.9 Å². The molecule has 2 aromatic rings. The number of nitrogen functional groups attached to an aromatic ring is 1. The van der Waals surface area contributed by atoms with Crippen molar-refractivity contribution in [1.82, 2.24) is 0 Å². The fourth-order valence-corrected chi connectivity index (χ4v) is 1.92. The van der Waals surface area contributed by atoms with Crippen LogP contribution in [0.15, 0.2) is 46.9 Å². The van der Waals surface area contributed by atoms with Gasteiger partial charge in [-0.05, 0) is 52.7 Å². The first kappa shape index (κ1) is 13.7. The van der Waals surface area contributed by atoms with Gasteiger partial charge in [0, 0.05) is 16.2 Å². The third-order valence-electron chi connectivity index (χ3n) is 2.58. The van der Waals surface area contributed by atoms with E-state index < -0.39 is 0 Å². The lowest BCUT2D eigenvalue weighted by molar-refractivity contribution is 0.299. The molecule has 0 heterocycles. The zero-order chi connectivity index (χ0) is 13.7. The molecular formula is C15H16BrNO2. The number of anilines is 1. The Hall–Kier alpha value is -1.68. The van der Waals surface area contributed by atoms with Crippen LogP contribution in [-0.4, -0.2) is 6.61 Å². The quantitative estimate of drug-likeness (QED) is 0.846. The van der Waals surface area contributed by atoms with Crippen LogP contribution in [0, 0.1) is 0 Å². The lowest BCUT2D eigenvalue weighted by Gasteiger charge is -2.09. The second-order valence-corrected chi connectivity index (χ2v) is 4.91. The number of rotatable bonds is 5. The Balaban J connectivity index is 2.01. The first-order chi connectivity index (χ1) is 9.19. The topological polar surface area (TPSA) is 44.5 Å². The average molecular weight is 322 g/mol. The average Bonchev–Trinajstić information content (AvgIpc) is 2.41. The Kier molecular flexibility index (Phi) is 4.68. The van der Waals surface area contributed by atoms with Crippen molar-refractivity contribution >= 4 is 21.6 Å². The van der Waals surface area contributed by atoms with Crippen molar-refractivity contribution < 1.29 is 9.47 Å². The first-order valence-corrected chi connectivity index (χ1v) is 6.88. The minimum Gasteiger partial charge on any atom is -0.494 e. The zero-order valence-corrected chi connectivity index (χ0v) is 12.3. The first-order valence-electron chi connectivity index (χ1n) is 6.08. The Labute approximate surface area is 121 Å². The van der Waals surface area contributed by atoms with Crippen LogP contribution < -0.4 is 15.2 Å². The Morgan fingerprint density at radius 3 is 2.47 bits per heavy atom.